The lowest BCUT2D eigenvalue weighted by molar-refractivity contribution is -0.137. The van der Waals surface area contributed by atoms with Crippen LogP contribution < -0.4 is 10.2 Å². The molecule has 1 N–H and O–H groups in total. The molecule has 3 aliphatic rings. The molecular weight excluding hydrogens is 403 g/mol. The van der Waals surface area contributed by atoms with Gasteiger partial charge in [-0.25, -0.2) is 0 Å². The Morgan fingerprint density at radius 2 is 2.03 bits per heavy atom. The minimum Gasteiger partial charge on any atom is -0.360 e. The number of nitrogens with one attached hydrogen (secondary N) is 1. The van der Waals surface area contributed by atoms with Gasteiger partial charge >= 0.3 is 6.18 Å². The summed E-state index contributed by atoms with van der Waals surface area (Å²) in [6, 6.07) is 5.78. The summed E-state index contributed by atoms with van der Waals surface area (Å²) in [6.07, 6.45) is -1.49. The monoisotopic (exact) mass is 419 g/mol. The number of fused-ring (bicyclic) bond motifs is 1. The maximum Gasteiger partial charge on any atom is 0.416 e. The molecule has 7 nitrogen and oxygen atoms in total. The third-order valence-corrected chi connectivity index (χ3v) is 5.77. The van der Waals surface area contributed by atoms with Crippen molar-refractivity contribution in [1.29, 1.82) is 0 Å². The van der Waals surface area contributed by atoms with Crippen LogP contribution in [0.3, 0.4) is 0 Å². The number of nitrogens with zero attached hydrogens (tertiary/aromatic N) is 2. The second-order valence-electron chi connectivity index (χ2n) is 7.68. The molecule has 2 saturated heterocycles. The number of ether oxygens (including phenoxy) is 1. The minimum atomic E-state index is -4.46. The summed E-state index contributed by atoms with van der Waals surface area (Å²) in [6.45, 7) is 1.91. The normalized spacial score (nSPS) is 29.5. The van der Waals surface area contributed by atoms with E-state index < -0.39 is 41.2 Å². The summed E-state index contributed by atoms with van der Waals surface area (Å²) < 4.78 is 49.3. The predicted molar refractivity (Wildman–Crippen MR) is 97.4 cm³/mol. The van der Waals surface area contributed by atoms with Crippen molar-refractivity contribution >= 4 is 23.3 Å². The van der Waals surface area contributed by atoms with Gasteiger partial charge in [0.2, 0.25) is 11.8 Å². The molecule has 5 rings (SSSR count). The summed E-state index contributed by atoms with van der Waals surface area (Å²) in [7, 11) is 0. The molecule has 2 fully saturated rings. The highest BCUT2D eigenvalue weighted by molar-refractivity contribution is 6.05. The van der Waals surface area contributed by atoms with Crippen LogP contribution in [0.2, 0.25) is 0 Å². The molecule has 1 spiro atoms. The van der Waals surface area contributed by atoms with Gasteiger partial charge in [-0.3, -0.25) is 14.5 Å². The topological polar surface area (TPSA) is 84.7 Å². The average molecular weight is 419 g/mol. The molecular formula is C20H16F3N3O4. The van der Waals surface area contributed by atoms with Crippen LogP contribution in [0.25, 0.3) is 0 Å². The van der Waals surface area contributed by atoms with Crippen molar-refractivity contribution in [3.05, 3.63) is 53.8 Å². The lowest BCUT2D eigenvalue weighted by atomic mass is 9.77. The number of anilines is 2. The van der Waals surface area contributed by atoms with Gasteiger partial charge in [-0.1, -0.05) is 17.3 Å². The highest BCUT2D eigenvalue weighted by Crippen LogP contribution is 2.52. The Morgan fingerprint density at radius 3 is 2.67 bits per heavy atom. The first kappa shape index (κ1) is 18.9. The number of amides is 2. The van der Waals surface area contributed by atoms with Crippen LogP contribution in [-0.2, 0) is 20.5 Å². The third kappa shape index (κ3) is 2.74. The maximum atomic E-state index is 13.1. The number of halogens is 3. The Kier molecular flexibility index (Phi) is 3.88. The molecule has 0 aliphatic carbocycles. The van der Waals surface area contributed by atoms with Gasteiger partial charge in [0.1, 0.15) is 11.4 Å². The molecule has 2 aromatic rings. The van der Waals surface area contributed by atoms with Crippen LogP contribution in [0, 0.1) is 18.8 Å². The Morgan fingerprint density at radius 1 is 1.30 bits per heavy atom. The molecule has 1 aromatic carbocycles. The molecule has 0 radical (unpaired) electrons. The number of benzene rings is 1. The zero-order chi connectivity index (χ0) is 21.3. The van der Waals surface area contributed by atoms with Crippen molar-refractivity contribution in [3.8, 4) is 0 Å². The van der Waals surface area contributed by atoms with Crippen LogP contribution in [0.5, 0.6) is 0 Å². The van der Waals surface area contributed by atoms with Gasteiger partial charge in [-0.2, -0.15) is 13.2 Å². The molecule has 2 bridgehead atoms. The zero-order valence-corrected chi connectivity index (χ0v) is 15.6. The third-order valence-electron chi connectivity index (χ3n) is 5.77. The highest BCUT2D eigenvalue weighted by atomic mass is 19.4. The summed E-state index contributed by atoms with van der Waals surface area (Å²) >= 11 is 0. The Hall–Kier alpha value is -3.14. The fraction of sp³-hybridized carbons (Fsp3) is 0.350. The van der Waals surface area contributed by atoms with Crippen molar-refractivity contribution in [2.75, 3.05) is 16.8 Å². The van der Waals surface area contributed by atoms with Crippen LogP contribution in [-0.4, -0.2) is 35.2 Å². The first-order valence-electron chi connectivity index (χ1n) is 9.28. The number of alkyl halides is 3. The molecule has 3 aliphatic heterocycles. The first-order chi connectivity index (χ1) is 14.2. The lowest BCUT2D eigenvalue weighted by Gasteiger charge is -2.23. The second-order valence-corrected chi connectivity index (χ2v) is 7.68. The van der Waals surface area contributed by atoms with E-state index >= 15 is 0 Å². The minimum absolute atomic E-state index is 0.208. The van der Waals surface area contributed by atoms with Crippen LogP contribution in [0.15, 0.2) is 47.0 Å². The maximum absolute atomic E-state index is 13.1. The molecule has 4 atom stereocenters. The summed E-state index contributed by atoms with van der Waals surface area (Å²) in [5, 5.41) is 6.49. The smallest absolute Gasteiger partial charge is 0.360 e. The number of hydrogen-bond donors (Lipinski definition) is 1. The van der Waals surface area contributed by atoms with Gasteiger partial charge in [0.25, 0.3) is 0 Å². The SMILES string of the molecule is Cc1cc(N2C[C@]34C=C[C@@H](O3)[C@@H](C(=O)Nc3ccc(C(F)(F)F)cc3)[C@@H]4C2=O)no1. The molecule has 1 aromatic heterocycles. The first-order valence-corrected chi connectivity index (χ1v) is 9.28. The van der Waals surface area contributed by atoms with Gasteiger partial charge in [0.05, 0.1) is 30.0 Å². The van der Waals surface area contributed by atoms with E-state index in [4.69, 9.17) is 9.26 Å². The molecule has 156 valence electrons. The van der Waals surface area contributed by atoms with Gasteiger partial charge in [0.15, 0.2) is 5.82 Å². The largest absolute Gasteiger partial charge is 0.416 e. The van der Waals surface area contributed by atoms with Crippen LogP contribution in [0.4, 0.5) is 24.7 Å². The Labute approximate surface area is 168 Å². The van der Waals surface area contributed by atoms with Crippen LogP contribution in [0.1, 0.15) is 11.3 Å². The van der Waals surface area contributed by atoms with Crippen molar-refractivity contribution in [2.45, 2.75) is 24.8 Å². The Balaban J connectivity index is 1.38. The van der Waals surface area contributed by atoms with Gasteiger partial charge in [-0.05, 0) is 31.2 Å². The second kappa shape index (κ2) is 6.18. The van der Waals surface area contributed by atoms with E-state index in [0.717, 1.165) is 12.1 Å². The molecule has 10 heteroatoms. The summed E-state index contributed by atoms with van der Waals surface area (Å²) in [5.74, 6) is -1.44. The van der Waals surface area contributed by atoms with Crippen molar-refractivity contribution < 1.29 is 32.0 Å². The molecule has 4 heterocycles. The fourth-order valence-corrected chi connectivity index (χ4v) is 4.44. The standard InChI is InChI=1S/C20H16F3N3O4/c1-10-8-14(25-30-10)26-9-19-7-6-13(29-19)15(16(19)18(26)28)17(27)24-12-4-2-11(3-5-12)20(21,22)23/h2-8,13,15-16H,9H2,1H3,(H,24,27)/t13-,15-,16-,19+/m1/s1. The number of carbonyl (C=O) groups is 2. The molecule has 0 unspecified atom stereocenters. The fourth-order valence-electron chi connectivity index (χ4n) is 4.44. The molecule has 30 heavy (non-hydrogen) atoms. The summed E-state index contributed by atoms with van der Waals surface area (Å²) in [4.78, 5) is 27.5. The van der Waals surface area contributed by atoms with E-state index in [0.29, 0.717) is 11.6 Å². The quantitative estimate of drug-likeness (QED) is 0.774. The number of carbonyl (C=O) groups excluding carboxylic acids is 2. The number of rotatable bonds is 3. The van der Waals surface area contributed by atoms with E-state index in [9.17, 15) is 22.8 Å². The zero-order valence-electron chi connectivity index (χ0n) is 15.6. The lowest BCUT2D eigenvalue weighted by Crippen LogP contribution is -2.41. The van der Waals surface area contributed by atoms with Crippen molar-refractivity contribution in [1.82, 2.24) is 5.16 Å². The molecule has 2 amide bonds. The molecule has 0 saturated carbocycles. The van der Waals surface area contributed by atoms with E-state index in [1.54, 1.807) is 25.1 Å². The van der Waals surface area contributed by atoms with Crippen molar-refractivity contribution in [2.24, 2.45) is 11.8 Å². The predicted octanol–water partition coefficient (Wildman–Crippen LogP) is 2.93. The van der Waals surface area contributed by atoms with Gasteiger partial charge in [0, 0.05) is 11.8 Å². The van der Waals surface area contributed by atoms with E-state index in [-0.39, 0.29) is 18.1 Å². The number of hydrogen-bond acceptors (Lipinski definition) is 5. The highest BCUT2D eigenvalue weighted by Gasteiger charge is 2.67. The van der Waals surface area contributed by atoms with Gasteiger partial charge in [-0.15, -0.1) is 0 Å². The number of aryl methyl sites for hydroxylation is 1. The van der Waals surface area contributed by atoms with E-state index in [1.165, 1.54) is 17.0 Å². The van der Waals surface area contributed by atoms with Gasteiger partial charge < -0.3 is 14.6 Å². The average Bonchev–Trinajstić information content (AvgIpc) is 3.42. The van der Waals surface area contributed by atoms with E-state index in [2.05, 4.69) is 10.5 Å². The summed E-state index contributed by atoms with van der Waals surface area (Å²) in [5.41, 5.74) is -1.53. The Bertz CT molecular complexity index is 1060. The van der Waals surface area contributed by atoms with E-state index in [1.807, 2.05) is 0 Å². The van der Waals surface area contributed by atoms with Crippen LogP contribution >= 0.6 is 0 Å². The van der Waals surface area contributed by atoms with Crippen molar-refractivity contribution in [3.63, 3.8) is 0 Å². The number of aromatic nitrogens is 1.